The predicted octanol–water partition coefficient (Wildman–Crippen LogP) is 3.42. The van der Waals surface area contributed by atoms with E-state index in [2.05, 4.69) is 31.9 Å². The van der Waals surface area contributed by atoms with Crippen LogP contribution in [0.3, 0.4) is 0 Å². The molecule has 4 nitrogen and oxygen atoms in total. The molecular formula is C15H16Cl2N4. The summed E-state index contributed by atoms with van der Waals surface area (Å²) >= 11 is 11.9. The topological polar surface area (TPSA) is 32.3 Å². The zero-order chi connectivity index (χ0) is 14.8. The molecule has 3 rings (SSSR count). The van der Waals surface area contributed by atoms with Gasteiger partial charge in [-0.25, -0.2) is 9.97 Å². The first-order chi connectivity index (χ1) is 10.1. The molecule has 21 heavy (non-hydrogen) atoms. The van der Waals surface area contributed by atoms with Crippen molar-refractivity contribution in [2.24, 2.45) is 0 Å². The molecule has 110 valence electrons. The summed E-state index contributed by atoms with van der Waals surface area (Å²) in [4.78, 5) is 13.2. The molecular weight excluding hydrogens is 307 g/mol. The van der Waals surface area contributed by atoms with Crippen LogP contribution in [-0.2, 0) is 0 Å². The lowest BCUT2D eigenvalue weighted by Gasteiger charge is -2.36. The van der Waals surface area contributed by atoms with E-state index >= 15 is 0 Å². The van der Waals surface area contributed by atoms with Gasteiger partial charge in [-0.05, 0) is 31.2 Å². The molecule has 1 aromatic carbocycles. The van der Waals surface area contributed by atoms with Gasteiger partial charge >= 0.3 is 0 Å². The van der Waals surface area contributed by atoms with Crippen molar-refractivity contribution in [3.63, 3.8) is 0 Å². The largest absolute Gasteiger partial charge is 0.368 e. The normalized spacial score (nSPS) is 15.4. The maximum Gasteiger partial charge on any atom is 0.134 e. The number of hydrogen-bond donors (Lipinski definition) is 0. The third kappa shape index (κ3) is 3.39. The van der Waals surface area contributed by atoms with Crippen molar-refractivity contribution in [1.82, 2.24) is 9.97 Å². The maximum atomic E-state index is 6.01. The Hall–Kier alpha value is -1.52. The summed E-state index contributed by atoms with van der Waals surface area (Å²) in [7, 11) is 0. The Labute approximate surface area is 134 Å². The number of hydrogen-bond acceptors (Lipinski definition) is 4. The Kier molecular flexibility index (Phi) is 4.17. The Morgan fingerprint density at radius 1 is 0.905 bits per heavy atom. The van der Waals surface area contributed by atoms with E-state index in [1.807, 2.05) is 25.1 Å². The van der Waals surface area contributed by atoms with Crippen LogP contribution < -0.4 is 9.80 Å². The number of halogens is 2. The molecule has 2 aromatic rings. The van der Waals surface area contributed by atoms with Gasteiger partial charge in [0.2, 0.25) is 0 Å². The van der Waals surface area contributed by atoms with Crippen LogP contribution in [0.4, 0.5) is 11.5 Å². The van der Waals surface area contributed by atoms with E-state index in [1.165, 1.54) is 5.69 Å². The second kappa shape index (κ2) is 6.08. The Bertz CT molecular complexity index is 602. The summed E-state index contributed by atoms with van der Waals surface area (Å²) in [6.07, 6.45) is 0. The molecule has 0 unspecified atom stereocenters. The lowest BCUT2D eigenvalue weighted by Crippen LogP contribution is -2.46. The Balaban J connectivity index is 1.68. The van der Waals surface area contributed by atoms with Crippen LogP contribution >= 0.6 is 23.2 Å². The minimum Gasteiger partial charge on any atom is -0.368 e. The average Bonchev–Trinajstić information content (AvgIpc) is 2.47. The van der Waals surface area contributed by atoms with E-state index in [0.29, 0.717) is 11.0 Å². The maximum absolute atomic E-state index is 6.01. The van der Waals surface area contributed by atoms with Gasteiger partial charge in [0, 0.05) is 43.0 Å². The van der Waals surface area contributed by atoms with E-state index in [9.17, 15) is 0 Å². The molecule has 0 N–H and O–H groups in total. The number of benzene rings is 1. The van der Waals surface area contributed by atoms with E-state index < -0.39 is 0 Å². The minimum absolute atomic E-state index is 0.498. The standard InChI is InChI=1S/C15H16Cl2N4/c1-11-18-14(17)10-15(19-11)21-8-6-20(7-9-21)13-4-2-12(16)3-5-13/h2-5,10H,6-9H2,1H3. The fourth-order valence-corrected chi connectivity index (χ4v) is 2.87. The van der Waals surface area contributed by atoms with Crippen molar-refractivity contribution in [3.05, 3.63) is 46.3 Å². The van der Waals surface area contributed by atoms with Crippen LogP contribution in [0.2, 0.25) is 10.2 Å². The van der Waals surface area contributed by atoms with E-state index in [1.54, 1.807) is 0 Å². The molecule has 1 fully saturated rings. The van der Waals surface area contributed by atoms with E-state index in [0.717, 1.165) is 37.0 Å². The highest BCUT2D eigenvalue weighted by Crippen LogP contribution is 2.22. The molecule has 6 heteroatoms. The van der Waals surface area contributed by atoms with Crippen molar-refractivity contribution in [1.29, 1.82) is 0 Å². The smallest absolute Gasteiger partial charge is 0.134 e. The first kappa shape index (κ1) is 14.4. The summed E-state index contributed by atoms with van der Waals surface area (Å²) in [5, 5.41) is 1.26. The second-order valence-corrected chi connectivity index (χ2v) is 5.87. The highest BCUT2D eigenvalue weighted by molar-refractivity contribution is 6.30. The number of anilines is 2. The molecule has 2 heterocycles. The molecule has 0 atom stereocenters. The Morgan fingerprint density at radius 3 is 2.14 bits per heavy atom. The molecule has 0 radical (unpaired) electrons. The summed E-state index contributed by atoms with van der Waals surface area (Å²) in [6, 6.07) is 9.80. The number of piperazine rings is 1. The van der Waals surface area contributed by atoms with Gasteiger partial charge in [-0.3, -0.25) is 0 Å². The number of aromatic nitrogens is 2. The summed E-state index contributed by atoms with van der Waals surface area (Å²) in [5.41, 5.74) is 1.20. The van der Waals surface area contributed by atoms with Crippen LogP contribution in [0.1, 0.15) is 5.82 Å². The van der Waals surface area contributed by atoms with Gasteiger partial charge in [0.05, 0.1) is 0 Å². The lowest BCUT2D eigenvalue weighted by atomic mass is 10.2. The SMILES string of the molecule is Cc1nc(Cl)cc(N2CCN(c3ccc(Cl)cc3)CC2)n1. The number of nitrogens with zero attached hydrogens (tertiary/aromatic N) is 4. The zero-order valence-corrected chi connectivity index (χ0v) is 13.3. The van der Waals surface area contributed by atoms with Crippen LogP contribution in [0.25, 0.3) is 0 Å². The number of aryl methyl sites for hydroxylation is 1. The highest BCUT2D eigenvalue weighted by atomic mass is 35.5. The Morgan fingerprint density at radius 2 is 1.52 bits per heavy atom. The summed E-state index contributed by atoms with van der Waals surface area (Å²) in [6.45, 7) is 5.58. The molecule has 0 spiro atoms. The molecule has 1 saturated heterocycles. The van der Waals surface area contributed by atoms with Crippen LogP contribution in [0.15, 0.2) is 30.3 Å². The van der Waals surface area contributed by atoms with Crippen LogP contribution in [0, 0.1) is 6.92 Å². The molecule has 1 aliphatic rings. The zero-order valence-electron chi connectivity index (χ0n) is 11.8. The molecule has 0 amide bonds. The quantitative estimate of drug-likeness (QED) is 0.793. The highest BCUT2D eigenvalue weighted by Gasteiger charge is 2.19. The summed E-state index contributed by atoms with van der Waals surface area (Å²) in [5.74, 6) is 1.61. The minimum atomic E-state index is 0.498. The van der Waals surface area contributed by atoms with E-state index in [-0.39, 0.29) is 0 Å². The molecule has 1 aromatic heterocycles. The lowest BCUT2D eigenvalue weighted by molar-refractivity contribution is 0.646. The van der Waals surface area contributed by atoms with E-state index in [4.69, 9.17) is 23.2 Å². The van der Waals surface area contributed by atoms with Gasteiger partial charge in [-0.2, -0.15) is 0 Å². The molecule has 1 aliphatic heterocycles. The van der Waals surface area contributed by atoms with Gasteiger partial charge < -0.3 is 9.80 Å². The van der Waals surface area contributed by atoms with Crippen molar-refractivity contribution in [2.75, 3.05) is 36.0 Å². The van der Waals surface area contributed by atoms with Crippen LogP contribution in [0.5, 0.6) is 0 Å². The monoisotopic (exact) mass is 322 g/mol. The van der Waals surface area contributed by atoms with Crippen molar-refractivity contribution >= 4 is 34.7 Å². The van der Waals surface area contributed by atoms with Crippen molar-refractivity contribution < 1.29 is 0 Å². The van der Waals surface area contributed by atoms with Gasteiger partial charge in [-0.15, -0.1) is 0 Å². The van der Waals surface area contributed by atoms with Crippen molar-refractivity contribution in [2.45, 2.75) is 6.92 Å². The first-order valence-electron chi connectivity index (χ1n) is 6.88. The molecule has 0 bridgehead atoms. The second-order valence-electron chi connectivity index (χ2n) is 5.05. The third-order valence-electron chi connectivity index (χ3n) is 3.59. The third-order valence-corrected chi connectivity index (χ3v) is 4.03. The fourth-order valence-electron chi connectivity index (χ4n) is 2.52. The molecule has 0 saturated carbocycles. The predicted molar refractivity (Wildman–Crippen MR) is 87.7 cm³/mol. The van der Waals surface area contributed by atoms with Gasteiger partial charge in [0.25, 0.3) is 0 Å². The average molecular weight is 323 g/mol. The first-order valence-corrected chi connectivity index (χ1v) is 7.64. The van der Waals surface area contributed by atoms with Gasteiger partial charge in [0.1, 0.15) is 16.8 Å². The van der Waals surface area contributed by atoms with Crippen LogP contribution in [-0.4, -0.2) is 36.1 Å². The van der Waals surface area contributed by atoms with Gasteiger partial charge in [0.15, 0.2) is 0 Å². The molecule has 0 aliphatic carbocycles. The number of rotatable bonds is 2. The summed E-state index contributed by atoms with van der Waals surface area (Å²) < 4.78 is 0. The van der Waals surface area contributed by atoms with Crippen molar-refractivity contribution in [3.8, 4) is 0 Å². The fraction of sp³-hybridized carbons (Fsp3) is 0.333. The van der Waals surface area contributed by atoms with Gasteiger partial charge in [-0.1, -0.05) is 23.2 Å².